The number of thioether (sulfide) groups is 1. The van der Waals surface area contributed by atoms with Crippen LogP contribution in [0, 0.1) is 6.92 Å². The van der Waals surface area contributed by atoms with Gasteiger partial charge in [-0.3, -0.25) is 14.5 Å². The molecule has 37 heavy (non-hydrogen) atoms. The maximum atomic E-state index is 13.6. The summed E-state index contributed by atoms with van der Waals surface area (Å²) in [5.74, 6) is 0.582. The summed E-state index contributed by atoms with van der Waals surface area (Å²) in [6, 6.07) is 19.7. The first-order valence-electron chi connectivity index (χ1n) is 12.1. The number of carbonyl (C=O) groups is 2. The van der Waals surface area contributed by atoms with Crippen molar-refractivity contribution < 1.29 is 9.59 Å². The lowest BCUT2D eigenvalue weighted by atomic mass is 10.0. The van der Waals surface area contributed by atoms with Gasteiger partial charge >= 0.3 is 0 Å². The average Bonchev–Trinajstić information content (AvgIpc) is 3.54. The minimum Gasteiger partial charge on any atom is -0.355 e. The molecule has 0 unspecified atom stereocenters. The highest BCUT2D eigenvalue weighted by molar-refractivity contribution is 8.00. The Morgan fingerprint density at radius 1 is 1.14 bits per heavy atom. The lowest BCUT2D eigenvalue weighted by Gasteiger charge is -2.23. The van der Waals surface area contributed by atoms with Gasteiger partial charge in [-0.2, -0.15) is 5.10 Å². The molecule has 1 aliphatic heterocycles. The van der Waals surface area contributed by atoms with Crippen LogP contribution in [0.15, 0.2) is 66.0 Å². The molecule has 0 bridgehead atoms. The Kier molecular flexibility index (Phi) is 7.69. The van der Waals surface area contributed by atoms with E-state index in [9.17, 15) is 9.59 Å². The molecule has 1 N–H and O–H groups in total. The minimum absolute atomic E-state index is 0.0683. The molecule has 190 valence electrons. The monoisotopic (exact) mass is 550 g/mol. The van der Waals surface area contributed by atoms with Crippen LogP contribution in [0.1, 0.15) is 34.6 Å². The van der Waals surface area contributed by atoms with Crippen LogP contribution in [0.25, 0.3) is 16.9 Å². The van der Waals surface area contributed by atoms with Gasteiger partial charge in [0.05, 0.1) is 22.4 Å². The van der Waals surface area contributed by atoms with E-state index in [4.69, 9.17) is 16.7 Å². The number of fused-ring (bicyclic) bond motifs is 1. The van der Waals surface area contributed by atoms with Gasteiger partial charge in [-0.25, -0.2) is 4.68 Å². The van der Waals surface area contributed by atoms with Gasteiger partial charge in [0.1, 0.15) is 12.4 Å². The number of halogens is 1. The molecule has 2 aromatic heterocycles. The summed E-state index contributed by atoms with van der Waals surface area (Å²) in [6.07, 6.45) is 0.823. The Morgan fingerprint density at radius 2 is 1.89 bits per heavy atom. The maximum absolute atomic E-state index is 13.6. The van der Waals surface area contributed by atoms with Gasteiger partial charge < -0.3 is 5.32 Å². The predicted molar refractivity (Wildman–Crippen MR) is 153 cm³/mol. The molecular weight excluding hydrogens is 524 g/mol. The summed E-state index contributed by atoms with van der Waals surface area (Å²) in [7, 11) is 0. The molecule has 1 atom stereocenters. The number of benzene rings is 2. The molecule has 6 nitrogen and oxygen atoms in total. The molecule has 0 fully saturated rings. The first kappa shape index (κ1) is 25.6. The third-order valence-corrected chi connectivity index (χ3v) is 8.74. The highest BCUT2D eigenvalue weighted by Crippen LogP contribution is 2.49. The minimum atomic E-state index is -0.189. The van der Waals surface area contributed by atoms with Crippen LogP contribution in [0.2, 0.25) is 5.02 Å². The van der Waals surface area contributed by atoms with Gasteiger partial charge in [-0.05, 0) is 49.1 Å². The van der Waals surface area contributed by atoms with Crippen molar-refractivity contribution in [3.05, 3.63) is 87.1 Å². The third kappa shape index (κ3) is 5.32. The van der Waals surface area contributed by atoms with Crippen molar-refractivity contribution in [1.29, 1.82) is 0 Å². The molecule has 0 aliphatic carbocycles. The average molecular weight is 551 g/mol. The second-order valence-corrected chi connectivity index (χ2v) is 11.4. The molecule has 4 aromatic rings. The topological polar surface area (TPSA) is 67.2 Å². The van der Waals surface area contributed by atoms with Gasteiger partial charge in [-0.15, -0.1) is 23.1 Å². The zero-order chi connectivity index (χ0) is 25.9. The number of hydrogen-bond acceptors (Lipinski definition) is 5. The van der Waals surface area contributed by atoms with Gasteiger partial charge in [0, 0.05) is 27.6 Å². The van der Waals surface area contributed by atoms with E-state index in [2.05, 4.69) is 11.4 Å². The van der Waals surface area contributed by atoms with Gasteiger partial charge in [-0.1, -0.05) is 54.4 Å². The first-order valence-corrected chi connectivity index (χ1v) is 14.4. The molecule has 0 radical (unpaired) electrons. The van der Waals surface area contributed by atoms with Crippen molar-refractivity contribution >= 4 is 52.3 Å². The number of nitrogens with one attached hydrogen (secondary N) is 1. The highest BCUT2D eigenvalue weighted by Gasteiger charge is 2.38. The summed E-state index contributed by atoms with van der Waals surface area (Å²) >= 11 is 9.44. The lowest BCUT2D eigenvalue weighted by molar-refractivity contribution is -0.122. The first-order chi connectivity index (χ1) is 18.0. The summed E-state index contributed by atoms with van der Waals surface area (Å²) in [5.41, 5.74) is 4.54. The van der Waals surface area contributed by atoms with E-state index in [1.807, 2.05) is 78.5 Å². The number of aromatic nitrogens is 2. The van der Waals surface area contributed by atoms with Crippen molar-refractivity contribution in [2.45, 2.75) is 25.5 Å². The normalized spacial score (nSPS) is 15.4. The highest BCUT2D eigenvalue weighted by atomic mass is 35.5. The molecule has 3 heterocycles. The van der Waals surface area contributed by atoms with Crippen LogP contribution in [0.5, 0.6) is 0 Å². The number of amides is 2. The Labute approximate surface area is 229 Å². The fourth-order valence-electron chi connectivity index (χ4n) is 4.34. The van der Waals surface area contributed by atoms with Crippen molar-refractivity contribution in [3.8, 4) is 16.9 Å². The van der Waals surface area contributed by atoms with E-state index in [1.54, 1.807) is 28.0 Å². The predicted octanol–water partition coefficient (Wildman–Crippen LogP) is 6.26. The molecule has 0 spiro atoms. The lowest BCUT2D eigenvalue weighted by Crippen LogP contribution is -2.42. The molecule has 0 saturated carbocycles. The Balaban J connectivity index is 1.77. The Hall–Kier alpha value is -3.07. The van der Waals surface area contributed by atoms with Gasteiger partial charge in [0.2, 0.25) is 11.8 Å². The van der Waals surface area contributed by atoms with Gasteiger partial charge in [0.15, 0.2) is 0 Å². The Bertz CT molecular complexity index is 1400. The summed E-state index contributed by atoms with van der Waals surface area (Å²) in [4.78, 5) is 29.2. The van der Waals surface area contributed by atoms with Crippen molar-refractivity contribution in [1.82, 2.24) is 15.1 Å². The quantitative estimate of drug-likeness (QED) is 0.295. The zero-order valence-electron chi connectivity index (χ0n) is 20.6. The maximum Gasteiger partial charge on any atom is 0.240 e. The fourth-order valence-corrected chi connectivity index (χ4v) is 6.64. The van der Waals surface area contributed by atoms with Crippen LogP contribution in [0.4, 0.5) is 5.82 Å². The number of carbonyl (C=O) groups excluding carboxylic acids is 2. The number of nitrogens with zero attached hydrogens (tertiary/aromatic N) is 3. The van der Waals surface area contributed by atoms with Crippen LogP contribution in [0.3, 0.4) is 0 Å². The van der Waals surface area contributed by atoms with Crippen LogP contribution >= 0.6 is 34.7 Å². The summed E-state index contributed by atoms with van der Waals surface area (Å²) < 4.78 is 1.82. The molecule has 5 rings (SSSR count). The number of hydrogen-bond donors (Lipinski definition) is 1. The molecule has 9 heteroatoms. The van der Waals surface area contributed by atoms with E-state index in [0.717, 1.165) is 39.4 Å². The zero-order valence-corrected chi connectivity index (χ0v) is 23.0. The third-order valence-electron chi connectivity index (χ3n) is 6.16. The van der Waals surface area contributed by atoms with Crippen molar-refractivity contribution in [2.24, 2.45) is 0 Å². The summed E-state index contributed by atoms with van der Waals surface area (Å²) in [6.45, 7) is 4.53. The van der Waals surface area contributed by atoms with E-state index < -0.39 is 0 Å². The molecule has 0 saturated heterocycles. The molecule has 2 amide bonds. The van der Waals surface area contributed by atoms with E-state index in [1.165, 1.54) is 0 Å². The van der Waals surface area contributed by atoms with Crippen LogP contribution in [-0.2, 0) is 9.59 Å². The SMILES string of the molecule is CCCNC(=O)CN1C(=O)CS[C@H](c2cccs2)c2c(-c3ccc(Cl)cc3)nn(-c3ccc(C)cc3)c21. The number of anilines is 1. The van der Waals surface area contributed by atoms with E-state index >= 15 is 0 Å². The Morgan fingerprint density at radius 3 is 2.57 bits per heavy atom. The largest absolute Gasteiger partial charge is 0.355 e. The van der Waals surface area contributed by atoms with Crippen molar-refractivity contribution in [3.63, 3.8) is 0 Å². The van der Waals surface area contributed by atoms with Crippen LogP contribution in [-0.4, -0.2) is 40.4 Å². The summed E-state index contributed by atoms with van der Waals surface area (Å²) in [5, 5.41) is 10.6. The van der Waals surface area contributed by atoms with E-state index in [-0.39, 0.29) is 29.4 Å². The van der Waals surface area contributed by atoms with Gasteiger partial charge in [0.25, 0.3) is 0 Å². The molecule has 1 aliphatic rings. The van der Waals surface area contributed by atoms with Crippen molar-refractivity contribution in [2.75, 3.05) is 23.7 Å². The molecular formula is C28H27ClN4O2S2. The fraction of sp³-hybridized carbons (Fsp3) is 0.250. The second kappa shape index (κ2) is 11.1. The number of aryl methyl sites for hydroxylation is 1. The van der Waals surface area contributed by atoms with E-state index in [0.29, 0.717) is 17.4 Å². The van der Waals surface area contributed by atoms with Crippen LogP contribution < -0.4 is 10.2 Å². The second-order valence-electron chi connectivity index (χ2n) is 8.88. The molecule has 2 aromatic carbocycles. The number of rotatable bonds is 7. The smallest absolute Gasteiger partial charge is 0.240 e. The number of thiophene rings is 1. The standard InChI is InChI=1S/C28H27ClN4O2S2/c1-3-14-30-23(34)16-32-24(35)17-37-27(22-5-4-15-36-22)25-26(19-8-10-20(29)11-9-19)31-33(28(25)32)21-12-6-18(2)7-13-21/h4-13,15,27H,3,14,16-17H2,1-2H3,(H,30,34)/t27-/m1/s1.